The number of carbonyl (C=O) groups excluding carboxylic acids is 1. The van der Waals surface area contributed by atoms with Gasteiger partial charge in [0.05, 0.1) is 0 Å². The Kier molecular flexibility index (Phi) is 4.14. The fourth-order valence-electron chi connectivity index (χ4n) is 2.28. The summed E-state index contributed by atoms with van der Waals surface area (Å²) in [6, 6.07) is 1.96. The molecular formula is C12H19N3O2. The monoisotopic (exact) mass is 237 g/mol. The molecule has 0 radical (unpaired) electrons. The summed E-state index contributed by atoms with van der Waals surface area (Å²) in [5.41, 5.74) is 0.414. The van der Waals surface area contributed by atoms with Crippen LogP contribution in [0.25, 0.3) is 0 Å². The zero-order valence-corrected chi connectivity index (χ0v) is 10.2. The van der Waals surface area contributed by atoms with Crippen LogP contribution in [0.5, 0.6) is 0 Å². The van der Waals surface area contributed by atoms with E-state index < -0.39 is 0 Å². The average Bonchev–Trinajstić information content (AvgIpc) is 2.90. The third kappa shape index (κ3) is 2.85. The van der Waals surface area contributed by atoms with Gasteiger partial charge in [-0.1, -0.05) is 12.1 Å². The highest BCUT2D eigenvalue weighted by molar-refractivity contribution is 5.92. The molecule has 0 aliphatic carbocycles. The van der Waals surface area contributed by atoms with Crippen LogP contribution < -0.4 is 5.32 Å². The van der Waals surface area contributed by atoms with Gasteiger partial charge in [-0.05, 0) is 32.4 Å². The molecular weight excluding hydrogens is 218 g/mol. The second-order valence-electron chi connectivity index (χ2n) is 4.36. The van der Waals surface area contributed by atoms with Gasteiger partial charge in [0, 0.05) is 18.7 Å². The van der Waals surface area contributed by atoms with Crippen molar-refractivity contribution in [1.29, 1.82) is 0 Å². The van der Waals surface area contributed by atoms with Crippen molar-refractivity contribution >= 4 is 5.91 Å². The smallest absolute Gasteiger partial charge is 0.276 e. The third-order valence-corrected chi connectivity index (χ3v) is 3.13. The number of carbonyl (C=O) groups is 1. The predicted octanol–water partition coefficient (Wildman–Crippen LogP) is 1.28. The highest BCUT2D eigenvalue weighted by Gasteiger charge is 2.26. The molecule has 1 aromatic rings. The van der Waals surface area contributed by atoms with E-state index in [-0.39, 0.29) is 5.91 Å². The average molecular weight is 237 g/mol. The highest BCUT2D eigenvalue weighted by Crippen LogP contribution is 2.15. The Balaban J connectivity index is 2.07. The summed E-state index contributed by atoms with van der Waals surface area (Å²) in [4.78, 5) is 14.2. The molecule has 94 valence electrons. The Morgan fingerprint density at radius 1 is 1.59 bits per heavy atom. The van der Waals surface area contributed by atoms with E-state index in [0.29, 0.717) is 11.7 Å². The number of nitrogens with zero attached hydrogens (tertiary/aromatic N) is 2. The Hall–Kier alpha value is -1.36. The summed E-state index contributed by atoms with van der Waals surface area (Å²) < 4.78 is 4.74. The Labute approximate surface area is 101 Å². The van der Waals surface area contributed by atoms with E-state index in [1.807, 2.05) is 4.90 Å². The van der Waals surface area contributed by atoms with E-state index in [4.69, 9.17) is 4.52 Å². The van der Waals surface area contributed by atoms with Gasteiger partial charge < -0.3 is 14.7 Å². The second-order valence-corrected chi connectivity index (χ2v) is 4.36. The lowest BCUT2D eigenvalue weighted by Crippen LogP contribution is -2.46. The van der Waals surface area contributed by atoms with Gasteiger partial charge in [-0.3, -0.25) is 4.79 Å². The van der Waals surface area contributed by atoms with E-state index in [2.05, 4.69) is 17.4 Å². The first-order valence-corrected chi connectivity index (χ1v) is 6.25. The van der Waals surface area contributed by atoms with Crippen LogP contribution >= 0.6 is 0 Å². The Morgan fingerprint density at radius 2 is 2.35 bits per heavy atom. The van der Waals surface area contributed by atoms with Crippen molar-refractivity contribution in [1.82, 2.24) is 15.4 Å². The molecule has 2 rings (SSSR count). The van der Waals surface area contributed by atoms with Gasteiger partial charge in [-0.25, -0.2) is 0 Å². The summed E-state index contributed by atoms with van der Waals surface area (Å²) in [7, 11) is 0. The summed E-state index contributed by atoms with van der Waals surface area (Å²) in [5.74, 6) is -0.00694. The molecule has 1 fully saturated rings. The van der Waals surface area contributed by atoms with Crippen LogP contribution in [0.3, 0.4) is 0 Å². The first kappa shape index (κ1) is 12.1. The normalized spacial score (nSPS) is 17.0. The van der Waals surface area contributed by atoms with E-state index in [1.54, 1.807) is 6.07 Å². The van der Waals surface area contributed by atoms with E-state index >= 15 is 0 Å². The minimum Gasteiger partial charge on any atom is -0.364 e. The molecule has 5 nitrogen and oxygen atoms in total. The number of aromatic nitrogens is 1. The molecule has 0 saturated carbocycles. The molecule has 0 aromatic carbocycles. The van der Waals surface area contributed by atoms with E-state index in [0.717, 1.165) is 38.9 Å². The van der Waals surface area contributed by atoms with Crippen molar-refractivity contribution in [2.24, 2.45) is 0 Å². The van der Waals surface area contributed by atoms with Gasteiger partial charge in [0.2, 0.25) is 0 Å². The van der Waals surface area contributed by atoms with Crippen molar-refractivity contribution in [3.05, 3.63) is 18.0 Å². The zero-order chi connectivity index (χ0) is 12.1. The van der Waals surface area contributed by atoms with Gasteiger partial charge in [0.1, 0.15) is 6.26 Å². The van der Waals surface area contributed by atoms with Crippen LogP contribution in [0.1, 0.15) is 36.7 Å². The lowest BCUT2D eigenvalue weighted by molar-refractivity contribution is 0.0632. The topological polar surface area (TPSA) is 58.4 Å². The summed E-state index contributed by atoms with van der Waals surface area (Å²) in [5, 5.41) is 7.05. The van der Waals surface area contributed by atoms with Gasteiger partial charge in [0.25, 0.3) is 5.91 Å². The highest BCUT2D eigenvalue weighted by atomic mass is 16.5. The van der Waals surface area contributed by atoms with Crippen LogP contribution in [0, 0.1) is 0 Å². The number of hydrogen-bond donors (Lipinski definition) is 1. The number of hydrogen-bond acceptors (Lipinski definition) is 4. The molecule has 1 saturated heterocycles. The van der Waals surface area contributed by atoms with Gasteiger partial charge >= 0.3 is 0 Å². The van der Waals surface area contributed by atoms with Crippen molar-refractivity contribution < 1.29 is 9.32 Å². The maximum absolute atomic E-state index is 12.3. The van der Waals surface area contributed by atoms with Crippen LogP contribution in [0.2, 0.25) is 0 Å². The number of nitrogens with one attached hydrogen (secondary N) is 1. The van der Waals surface area contributed by atoms with E-state index in [9.17, 15) is 4.79 Å². The maximum Gasteiger partial charge on any atom is 0.276 e. The maximum atomic E-state index is 12.3. The van der Waals surface area contributed by atoms with Crippen molar-refractivity contribution in [3.8, 4) is 0 Å². The van der Waals surface area contributed by atoms with Crippen molar-refractivity contribution in [2.75, 3.05) is 19.6 Å². The van der Waals surface area contributed by atoms with Crippen LogP contribution in [-0.2, 0) is 0 Å². The number of piperidine rings is 1. The number of amides is 1. The molecule has 0 spiro atoms. The lowest BCUT2D eigenvalue weighted by Gasteiger charge is -2.34. The molecule has 2 heterocycles. The van der Waals surface area contributed by atoms with E-state index in [1.165, 1.54) is 6.26 Å². The first-order chi connectivity index (χ1) is 8.33. The molecule has 1 aliphatic heterocycles. The molecule has 1 amide bonds. The molecule has 1 aliphatic rings. The van der Waals surface area contributed by atoms with Crippen molar-refractivity contribution in [3.63, 3.8) is 0 Å². The summed E-state index contributed by atoms with van der Waals surface area (Å²) in [6.45, 7) is 4.84. The minimum atomic E-state index is -0.00694. The van der Waals surface area contributed by atoms with Gasteiger partial charge in [0.15, 0.2) is 5.69 Å². The molecule has 0 bridgehead atoms. The zero-order valence-electron chi connectivity index (χ0n) is 10.2. The molecule has 1 N–H and O–H groups in total. The minimum absolute atomic E-state index is 0.00694. The first-order valence-electron chi connectivity index (χ1n) is 6.25. The molecule has 5 heteroatoms. The van der Waals surface area contributed by atoms with Crippen LogP contribution in [-0.4, -0.2) is 41.6 Å². The van der Waals surface area contributed by atoms with Crippen LogP contribution in [0.15, 0.2) is 16.9 Å². The summed E-state index contributed by atoms with van der Waals surface area (Å²) in [6.07, 6.45) is 4.44. The Bertz CT molecular complexity index is 345. The largest absolute Gasteiger partial charge is 0.364 e. The fourth-order valence-corrected chi connectivity index (χ4v) is 2.28. The molecule has 0 atom stereocenters. The molecule has 0 unspecified atom stereocenters. The standard InChI is InChI=1S/C12H19N3O2/c1-2-8-15(10-3-6-13-7-4-10)12(16)11-5-9-17-14-11/h5,9-10,13H,2-4,6-8H2,1H3. The van der Waals surface area contributed by atoms with Crippen LogP contribution in [0.4, 0.5) is 0 Å². The summed E-state index contributed by atoms with van der Waals surface area (Å²) >= 11 is 0. The van der Waals surface area contributed by atoms with Crippen molar-refractivity contribution in [2.45, 2.75) is 32.2 Å². The quantitative estimate of drug-likeness (QED) is 0.857. The predicted molar refractivity (Wildman–Crippen MR) is 63.7 cm³/mol. The molecule has 17 heavy (non-hydrogen) atoms. The number of rotatable bonds is 4. The lowest BCUT2D eigenvalue weighted by atomic mass is 10.0. The molecule has 1 aromatic heterocycles. The third-order valence-electron chi connectivity index (χ3n) is 3.13. The Morgan fingerprint density at radius 3 is 2.94 bits per heavy atom. The van der Waals surface area contributed by atoms with Gasteiger partial charge in [-0.15, -0.1) is 0 Å². The fraction of sp³-hybridized carbons (Fsp3) is 0.667. The second kappa shape index (κ2) is 5.82. The SMILES string of the molecule is CCCN(C(=O)c1ccon1)C1CCNCC1. The van der Waals surface area contributed by atoms with Gasteiger partial charge in [-0.2, -0.15) is 0 Å².